The minimum absolute atomic E-state index is 0.263. The molecular formula is C27H40O2. The first-order chi connectivity index (χ1) is 13.6. The predicted octanol–water partition coefficient (Wildman–Crippen LogP) is 7.88. The van der Waals surface area contributed by atoms with Crippen molar-refractivity contribution < 1.29 is 10.2 Å². The number of allylic oxidation sites excluding steroid dienone is 8. The van der Waals surface area contributed by atoms with E-state index >= 15 is 0 Å². The van der Waals surface area contributed by atoms with Crippen LogP contribution in [0.2, 0.25) is 0 Å². The van der Waals surface area contributed by atoms with Crippen molar-refractivity contribution >= 4 is 0 Å². The first-order valence-electron chi connectivity index (χ1n) is 10.7. The summed E-state index contributed by atoms with van der Waals surface area (Å²) in [5.41, 5.74) is 7.68. The Kier molecular flexibility index (Phi) is 10.6. The smallest absolute Gasteiger partial charge is 0.123 e. The largest absolute Gasteiger partial charge is 0.508 e. The number of aromatic hydroxyl groups is 2. The Bertz CT molecular complexity index is 796. The highest BCUT2D eigenvalue weighted by Crippen LogP contribution is 2.34. The first kappa shape index (κ1) is 24.8. The van der Waals surface area contributed by atoms with E-state index in [9.17, 15) is 10.2 Å². The Morgan fingerprint density at radius 3 is 1.72 bits per heavy atom. The van der Waals surface area contributed by atoms with Crippen LogP contribution in [-0.2, 0) is 12.8 Å². The minimum Gasteiger partial charge on any atom is -0.508 e. The van der Waals surface area contributed by atoms with Crippen molar-refractivity contribution in [2.75, 3.05) is 0 Å². The predicted molar refractivity (Wildman–Crippen MR) is 127 cm³/mol. The average Bonchev–Trinajstić information content (AvgIpc) is 2.63. The Morgan fingerprint density at radius 1 is 0.759 bits per heavy atom. The topological polar surface area (TPSA) is 40.5 Å². The van der Waals surface area contributed by atoms with Crippen molar-refractivity contribution in [2.24, 2.45) is 0 Å². The molecule has 1 aromatic carbocycles. The van der Waals surface area contributed by atoms with Gasteiger partial charge in [0.2, 0.25) is 0 Å². The van der Waals surface area contributed by atoms with E-state index in [0.29, 0.717) is 18.6 Å². The van der Waals surface area contributed by atoms with Gasteiger partial charge in [-0.1, -0.05) is 46.6 Å². The summed E-state index contributed by atoms with van der Waals surface area (Å²) >= 11 is 0. The number of phenolic OH excluding ortho intramolecular Hbond substituents is 2. The Labute approximate surface area is 178 Å². The van der Waals surface area contributed by atoms with Crippen molar-refractivity contribution in [3.8, 4) is 11.5 Å². The van der Waals surface area contributed by atoms with Crippen molar-refractivity contribution in [2.45, 2.75) is 87.0 Å². The second kappa shape index (κ2) is 12.4. The summed E-state index contributed by atoms with van der Waals surface area (Å²) < 4.78 is 0. The maximum Gasteiger partial charge on any atom is 0.123 e. The number of benzene rings is 1. The molecule has 1 rings (SSSR count). The van der Waals surface area contributed by atoms with Gasteiger partial charge in [0.25, 0.3) is 0 Å². The molecule has 160 valence electrons. The standard InChI is InChI=1S/C27H40O2/c1-19(2)10-8-12-21(5)14-16-24-18-26(28)23(7)25(27(24)29)17-15-22(6)13-9-11-20(3)4/h10-11,14-15,18,28-29H,8-9,12-13,16-17H2,1-7H3. The van der Waals surface area contributed by atoms with Gasteiger partial charge in [-0.05, 0) is 98.6 Å². The van der Waals surface area contributed by atoms with Crippen molar-refractivity contribution in [1.29, 1.82) is 0 Å². The third kappa shape index (κ3) is 9.21. The van der Waals surface area contributed by atoms with E-state index in [1.165, 1.54) is 22.3 Å². The molecule has 2 N–H and O–H groups in total. The summed E-state index contributed by atoms with van der Waals surface area (Å²) in [6, 6.07) is 1.71. The fourth-order valence-electron chi connectivity index (χ4n) is 3.21. The lowest BCUT2D eigenvalue weighted by Crippen LogP contribution is -1.95. The number of hydrogen-bond acceptors (Lipinski definition) is 2. The average molecular weight is 397 g/mol. The molecule has 0 aliphatic rings. The molecule has 0 amide bonds. The molecule has 2 nitrogen and oxygen atoms in total. The molecule has 0 aliphatic heterocycles. The molecule has 2 heteroatoms. The van der Waals surface area contributed by atoms with Gasteiger partial charge in [-0.2, -0.15) is 0 Å². The summed E-state index contributed by atoms with van der Waals surface area (Å²) in [6.45, 7) is 14.6. The molecule has 0 heterocycles. The fourth-order valence-corrected chi connectivity index (χ4v) is 3.21. The van der Waals surface area contributed by atoms with Crippen molar-refractivity contribution in [1.82, 2.24) is 0 Å². The first-order valence-corrected chi connectivity index (χ1v) is 10.7. The van der Waals surface area contributed by atoms with Gasteiger partial charge >= 0.3 is 0 Å². The van der Waals surface area contributed by atoms with Crippen LogP contribution >= 0.6 is 0 Å². The van der Waals surface area contributed by atoms with Gasteiger partial charge in [-0.15, -0.1) is 0 Å². The maximum absolute atomic E-state index is 10.8. The second-order valence-corrected chi connectivity index (χ2v) is 8.66. The van der Waals surface area contributed by atoms with Crippen LogP contribution in [0.3, 0.4) is 0 Å². The van der Waals surface area contributed by atoms with Crippen LogP contribution in [-0.4, -0.2) is 10.2 Å². The Balaban J connectivity index is 2.92. The van der Waals surface area contributed by atoms with E-state index in [2.05, 4.69) is 65.8 Å². The molecular weight excluding hydrogens is 356 g/mol. The molecule has 0 saturated heterocycles. The van der Waals surface area contributed by atoms with Crippen molar-refractivity contribution in [3.05, 3.63) is 69.4 Å². The second-order valence-electron chi connectivity index (χ2n) is 8.66. The Morgan fingerprint density at radius 2 is 1.24 bits per heavy atom. The van der Waals surface area contributed by atoms with Crippen LogP contribution in [0.4, 0.5) is 0 Å². The zero-order valence-electron chi connectivity index (χ0n) is 19.5. The highest BCUT2D eigenvalue weighted by atomic mass is 16.3. The van der Waals surface area contributed by atoms with E-state index in [0.717, 1.165) is 42.4 Å². The molecule has 0 aromatic heterocycles. The van der Waals surface area contributed by atoms with Crippen LogP contribution in [0.1, 0.15) is 83.9 Å². The highest BCUT2D eigenvalue weighted by Gasteiger charge is 2.13. The zero-order chi connectivity index (χ0) is 22.0. The molecule has 0 bridgehead atoms. The van der Waals surface area contributed by atoms with E-state index in [4.69, 9.17) is 0 Å². The Hall–Kier alpha value is -2.22. The number of rotatable bonds is 10. The van der Waals surface area contributed by atoms with Gasteiger partial charge in [0.1, 0.15) is 11.5 Å². The zero-order valence-corrected chi connectivity index (χ0v) is 19.5. The molecule has 0 saturated carbocycles. The lowest BCUT2D eigenvalue weighted by atomic mass is 9.95. The maximum atomic E-state index is 10.8. The third-order valence-electron chi connectivity index (χ3n) is 5.25. The number of phenols is 2. The van der Waals surface area contributed by atoms with E-state index in [-0.39, 0.29) is 5.75 Å². The molecule has 0 aliphatic carbocycles. The monoisotopic (exact) mass is 396 g/mol. The van der Waals surface area contributed by atoms with Gasteiger partial charge in [0, 0.05) is 11.1 Å². The quantitative estimate of drug-likeness (QED) is 0.312. The van der Waals surface area contributed by atoms with Gasteiger partial charge in [0.05, 0.1) is 0 Å². The summed E-state index contributed by atoms with van der Waals surface area (Å²) in [6.07, 6.45) is 14.2. The van der Waals surface area contributed by atoms with Crippen LogP contribution in [0, 0.1) is 6.92 Å². The van der Waals surface area contributed by atoms with Crippen LogP contribution in [0.25, 0.3) is 0 Å². The molecule has 29 heavy (non-hydrogen) atoms. The summed E-state index contributed by atoms with van der Waals surface area (Å²) in [7, 11) is 0. The fraction of sp³-hybridized carbons (Fsp3) is 0.481. The molecule has 0 radical (unpaired) electrons. The summed E-state index contributed by atoms with van der Waals surface area (Å²) in [4.78, 5) is 0. The van der Waals surface area contributed by atoms with Crippen LogP contribution in [0.15, 0.2) is 52.7 Å². The molecule has 0 fully saturated rings. The molecule has 0 spiro atoms. The van der Waals surface area contributed by atoms with Crippen LogP contribution < -0.4 is 0 Å². The summed E-state index contributed by atoms with van der Waals surface area (Å²) in [5, 5.41) is 21.2. The van der Waals surface area contributed by atoms with E-state index in [1.54, 1.807) is 6.07 Å². The third-order valence-corrected chi connectivity index (χ3v) is 5.25. The minimum atomic E-state index is 0.263. The van der Waals surface area contributed by atoms with Gasteiger partial charge < -0.3 is 10.2 Å². The van der Waals surface area contributed by atoms with Crippen molar-refractivity contribution in [3.63, 3.8) is 0 Å². The molecule has 0 unspecified atom stereocenters. The lowest BCUT2D eigenvalue weighted by molar-refractivity contribution is 0.447. The highest BCUT2D eigenvalue weighted by molar-refractivity contribution is 5.53. The molecule has 0 atom stereocenters. The van der Waals surface area contributed by atoms with E-state index < -0.39 is 0 Å². The normalized spacial score (nSPS) is 12.1. The summed E-state index contributed by atoms with van der Waals surface area (Å²) in [5.74, 6) is 0.584. The lowest BCUT2D eigenvalue weighted by Gasteiger charge is -2.13. The number of hydrogen-bond donors (Lipinski definition) is 2. The van der Waals surface area contributed by atoms with Gasteiger partial charge in [0.15, 0.2) is 0 Å². The van der Waals surface area contributed by atoms with E-state index in [1.807, 2.05) is 6.92 Å². The SMILES string of the molecule is CC(C)=CCCC(C)=CCc1cc(O)c(C)c(CC=C(C)CCC=C(C)C)c1O. The van der Waals surface area contributed by atoms with Crippen LogP contribution in [0.5, 0.6) is 11.5 Å². The van der Waals surface area contributed by atoms with Gasteiger partial charge in [-0.3, -0.25) is 0 Å². The molecule has 1 aromatic rings. The van der Waals surface area contributed by atoms with Gasteiger partial charge in [-0.25, -0.2) is 0 Å².